The molecule has 2 fully saturated rings. The number of carboxylic acid groups (broad SMARTS) is 1. The molecule has 0 aromatic heterocycles. The maximum Gasteiger partial charge on any atom is 0.306 e. The molecule has 0 aliphatic carbocycles. The number of carboxylic acids is 1. The number of nitrogens with one attached hydrogen (secondary N) is 1. The maximum atomic E-state index is 13.2. The summed E-state index contributed by atoms with van der Waals surface area (Å²) in [5.74, 6) is -5.64. The van der Waals surface area contributed by atoms with Gasteiger partial charge < -0.3 is 10.4 Å². The van der Waals surface area contributed by atoms with Gasteiger partial charge in [-0.25, -0.2) is 8.78 Å². The highest BCUT2D eigenvalue weighted by atomic mass is 19.3. The summed E-state index contributed by atoms with van der Waals surface area (Å²) >= 11 is 0. The second-order valence-corrected chi connectivity index (χ2v) is 5.99. The van der Waals surface area contributed by atoms with Gasteiger partial charge in [-0.1, -0.05) is 6.92 Å². The largest absolute Gasteiger partial charge is 0.481 e. The molecule has 2 saturated heterocycles. The van der Waals surface area contributed by atoms with E-state index in [-0.39, 0.29) is 32.4 Å². The van der Waals surface area contributed by atoms with Gasteiger partial charge in [-0.2, -0.15) is 0 Å². The Labute approximate surface area is 120 Å². The molecule has 0 aromatic carbocycles. The summed E-state index contributed by atoms with van der Waals surface area (Å²) in [6, 6.07) is 0. The molecule has 2 aliphatic rings. The minimum atomic E-state index is -2.80. The minimum absolute atomic E-state index is 0.0647. The van der Waals surface area contributed by atoms with Gasteiger partial charge in [-0.15, -0.1) is 0 Å². The van der Waals surface area contributed by atoms with E-state index in [1.165, 1.54) is 11.8 Å². The number of hydrogen-bond acceptors (Lipinski definition) is 4. The van der Waals surface area contributed by atoms with Crippen molar-refractivity contribution in [2.45, 2.75) is 37.6 Å². The molecule has 0 saturated carbocycles. The molecule has 8 heteroatoms. The van der Waals surface area contributed by atoms with Crippen LogP contribution in [0, 0.1) is 5.92 Å². The highest BCUT2D eigenvalue weighted by Crippen LogP contribution is 2.31. The molecule has 0 aromatic rings. The Morgan fingerprint density at radius 1 is 1.48 bits per heavy atom. The van der Waals surface area contributed by atoms with Gasteiger partial charge in [-0.3, -0.25) is 19.3 Å². The highest BCUT2D eigenvalue weighted by molar-refractivity contribution is 6.10. The number of carbonyl (C=O) groups excluding carboxylic acids is 2. The van der Waals surface area contributed by atoms with Crippen molar-refractivity contribution in [3.05, 3.63) is 0 Å². The number of amides is 1. The predicted octanol–water partition coefficient (Wildman–Crippen LogP) is 0.266. The van der Waals surface area contributed by atoms with Gasteiger partial charge in [0.05, 0.1) is 18.9 Å². The fourth-order valence-corrected chi connectivity index (χ4v) is 2.99. The van der Waals surface area contributed by atoms with Crippen LogP contribution in [-0.4, -0.2) is 58.8 Å². The molecule has 0 radical (unpaired) electrons. The van der Waals surface area contributed by atoms with Gasteiger partial charge in [0, 0.05) is 19.5 Å². The summed E-state index contributed by atoms with van der Waals surface area (Å²) in [7, 11) is 0. The molecule has 0 spiro atoms. The van der Waals surface area contributed by atoms with E-state index in [1.807, 2.05) is 0 Å². The first-order valence-electron chi connectivity index (χ1n) is 6.81. The summed E-state index contributed by atoms with van der Waals surface area (Å²) in [5, 5.41) is 11.5. The van der Waals surface area contributed by atoms with Gasteiger partial charge in [0.25, 0.3) is 5.92 Å². The molecule has 2 rings (SSSR count). The monoisotopic (exact) mass is 304 g/mol. The number of hydrogen-bond donors (Lipinski definition) is 2. The Morgan fingerprint density at radius 3 is 2.57 bits per heavy atom. The molecule has 2 heterocycles. The van der Waals surface area contributed by atoms with Crippen LogP contribution in [0.5, 0.6) is 0 Å². The van der Waals surface area contributed by atoms with Gasteiger partial charge in [0.2, 0.25) is 5.91 Å². The summed E-state index contributed by atoms with van der Waals surface area (Å²) in [5.41, 5.74) is -1.37. The van der Waals surface area contributed by atoms with Crippen LogP contribution in [0.1, 0.15) is 26.2 Å². The lowest BCUT2D eigenvalue weighted by Crippen LogP contribution is -2.56. The average Bonchev–Trinajstić information content (AvgIpc) is 2.79. The molecular weight excluding hydrogens is 286 g/mol. The van der Waals surface area contributed by atoms with E-state index in [0.717, 1.165) is 0 Å². The number of alkyl halides is 2. The Hall–Kier alpha value is -1.57. The highest BCUT2D eigenvalue weighted by Gasteiger charge is 2.50. The summed E-state index contributed by atoms with van der Waals surface area (Å²) in [4.78, 5) is 36.0. The zero-order valence-electron chi connectivity index (χ0n) is 11.7. The summed E-state index contributed by atoms with van der Waals surface area (Å²) in [6.07, 6.45) is -0.703. The van der Waals surface area contributed by atoms with Crippen LogP contribution in [0.15, 0.2) is 0 Å². The Bertz CT molecular complexity index is 483. The Kier molecular flexibility index (Phi) is 4.01. The molecule has 2 unspecified atom stereocenters. The van der Waals surface area contributed by atoms with E-state index >= 15 is 0 Å². The zero-order valence-corrected chi connectivity index (χ0v) is 11.7. The molecule has 2 atom stereocenters. The Balaban J connectivity index is 2.15. The maximum absolute atomic E-state index is 13.2. The van der Waals surface area contributed by atoms with Crippen LogP contribution in [-0.2, 0) is 14.4 Å². The number of Topliss-reactive ketones (excluding diaryl/α,β-unsaturated/α-hetero) is 1. The van der Waals surface area contributed by atoms with Gasteiger partial charge in [0.1, 0.15) is 5.54 Å². The van der Waals surface area contributed by atoms with Crippen LogP contribution in [0.2, 0.25) is 0 Å². The van der Waals surface area contributed by atoms with Crippen LogP contribution in [0.25, 0.3) is 0 Å². The molecular formula is C13H18F2N2O4. The van der Waals surface area contributed by atoms with Crippen molar-refractivity contribution in [3.8, 4) is 0 Å². The number of nitrogens with zero attached hydrogens (tertiary/aromatic N) is 1. The average molecular weight is 304 g/mol. The topological polar surface area (TPSA) is 86.7 Å². The minimum Gasteiger partial charge on any atom is -0.481 e. The molecule has 21 heavy (non-hydrogen) atoms. The molecule has 2 N–H and O–H groups in total. The first kappa shape index (κ1) is 15.8. The van der Waals surface area contributed by atoms with Crippen molar-refractivity contribution in [1.29, 1.82) is 0 Å². The van der Waals surface area contributed by atoms with Crippen molar-refractivity contribution in [1.82, 2.24) is 10.2 Å². The number of likely N-dealkylation sites (tertiary alicyclic amines) is 1. The zero-order chi connectivity index (χ0) is 15.8. The number of rotatable bonds is 5. The van der Waals surface area contributed by atoms with Gasteiger partial charge >= 0.3 is 5.97 Å². The molecule has 1 amide bonds. The normalized spacial score (nSPS) is 30.4. The van der Waals surface area contributed by atoms with E-state index < -0.39 is 41.6 Å². The number of aliphatic carboxylic acids is 1. The van der Waals surface area contributed by atoms with Crippen molar-refractivity contribution in [2.75, 3.05) is 19.6 Å². The lowest BCUT2D eigenvalue weighted by molar-refractivity contribution is -0.142. The predicted molar refractivity (Wildman–Crippen MR) is 67.9 cm³/mol. The van der Waals surface area contributed by atoms with E-state index in [9.17, 15) is 23.2 Å². The number of carbonyl (C=O) groups is 3. The third-order valence-electron chi connectivity index (χ3n) is 4.05. The lowest BCUT2D eigenvalue weighted by atomic mass is 9.85. The third kappa shape index (κ3) is 3.37. The fourth-order valence-electron chi connectivity index (χ4n) is 2.99. The SMILES string of the molecule is CC(CC1(CN2CCC(F)(F)C2)NC(=O)CC1=O)C(=O)O. The standard InChI is InChI=1S/C13H18F2N2O4/c1-8(11(20)21)5-12(9(18)4-10(19)16-12)6-17-3-2-13(14,15)7-17/h8H,2-7H2,1H3,(H,16,19)(H,20,21). The van der Waals surface area contributed by atoms with Crippen molar-refractivity contribution in [2.24, 2.45) is 5.92 Å². The quantitative estimate of drug-likeness (QED) is 0.712. The molecule has 2 aliphatic heterocycles. The Morgan fingerprint density at radius 2 is 2.14 bits per heavy atom. The summed E-state index contributed by atoms with van der Waals surface area (Å²) in [6.45, 7) is 1.02. The second-order valence-electron chi connectivity index (χ2n) is 5.99. The van der Waals surface area contributed by atoms with Gasteiger partial charge in [-0.05, 0) is 6.42 Å². The third-order valence-corrected chi connectivity index (χ3v) is 4.05. The first-order valence-corrected chi connectivity index (χ1v) is 6.81. The fraction of sp³-hybridized carbons (Fsp3) is 0.769. The van der Waals surface area contributed by atoms with E-state index in [4.69, 9.17) is 5.11 Å². The smallest absolute Gasteiger partial charge is 0.306 e. The number of halogens is 2. The van der Waals surface area contributed by atoms with Crippen LogP contribution in [0.4, 0.5) is 8.78 Å². The second kappa shape index (κ2) is 5.32. The van der Waals surface area contributed by atoms with Crippen molar-refractivity contribution >= 4 is 17.7 Å². The van der Waals surface area contributed by atoms with Crippen LogP contribution >= 0.6 is 0 Å². The lowest BCUT2D eigenvalue weighted by Gasteiger charge is -2.33. The van der Waals surface area contributed by atoms with Crippen LogP contribution in [0.3, 0.4) is 0 Å². The van der Waals surface area contributed by atoms with Crippen molar-refractivity contribution < 1.29 is 28.3 Å². The van der Waals surface area contributed by atoms with E-state index in [2.05, 4.69) is 5.32 Å². The van der Waals surface area contributed by atoms with E-state index in [0.29, 0.717) is 0 Å². The van der Waals surface area contributed by atoms with Crippen LogP contribution < -0.4 is 5.32 Å². The van der Waals surface area contributed by atoms with E-state index in [1.54, 1.807) is 0 Å². The first-order chi connectivity index (χ1) is 9.63. The summed E-state index contributed by atoms with van der Waals surface area (Å²) < 4.78 is 26.5. The number of ketones is 1. The molecule has 118 valence electrons. The van der Waals surface area contributed by atoms with Gasteiger partial charge in [0.15, 0.2) is 5.78 Å². The van der Waals surface area contributed by atoms with Crippen molar-refractivity contribution in [3.63, 3.8) is 0 Å². The molecule has 0 bridgehead atoms. The molecule has 6 nitrogen and oxygen atoms in total.